The predicted octanol–water partition coefficient (Wildman–Crippen LogP) is 4.40. The second-order valence-electron chi connectivity index (χ2n) is 9.28. The Labute approximate surface area is 222 Å². The highest BCUT2D eigenvalue weighted by Gasteiger charge is 2.37. The summed E-state index contributed by atoms with van der Waals surface area (Å²) in [7, 11) is 0. The largest absolute Gasteiger partial charge is 0.481 e. The Bertz CT molecular complexity index is 1250. The molecule has 0 fully saturated rings. The molecular formula is C30H33N3O5. The van der Waals surface area contributed by atoms with Crippen molar-refractivity contribution < 1.29 is 24.2 Å². The molecule has 4 rings (SSSR count). The van der Waals surface area contributed by atoms with Gasteiger partial charge in [-0.05, 0) is 55.6 Å². The summed E-state index contributed by atoms with van der Waals surface area (Å²) in [4.78, 5) is 41.6. The topological polar surface area (TPSA) is 113 Å². The molecule has 0 saturated carbocycles. The van der Waals surface area contributed by atoms with Gasteiger partial charge in [-0.3, -0.25) is 19.3 Å². The van der Waals surface area contributed by atoms with Gasteiger partial charge in [0.25, 0.3) is 5.91 Å². The first kappa shape index (κ1) is 26.9. The normalized spacial score (nSPS) is 14.1. The number of unbranched alkanes of at least 4 members (excludes halogenated alkanes) is 2. The second-order valence-corrected chi connectivity index (χ2v) is 9.28. The zero-order chi connectivity index (χ0) is 26.9. The third kappa shape index (κ3) is 6.58. The lowest BCUT2D eigenvalue weighted by molar-refractivity contribution is -0.137. The van der Waals surface area contributed by atoms with Crippen LogP contribution in [0, 0.1) is 0 Å². The van der Waals surface area contributed by atoms with Gasteiger partial charge in [-0.25, -0.2) is 0 Å². The molecule has 1 aliphatic heterocycles. The van der Waals surface area contributed by atoms with Gasteiger partial charge < -0.3 is 20.5 Å². The number of hydrogen-bond donors (Lipinski definition) is 2. The number of rotatable bonds is 12. The minimum Gasteiger partial charge on any atom is -0.481 e. The third-order valence-electron chi connectivity index (χ3n) is 6.51. The minimum atomic E-state index is -1.03. The number of ether oxygens (including phenoxy) is 1. The fourth-order valence-corrected chi connectivity index (χ4v) is 4.57. The Morgan fingerprint density at radius 3 is 2.34 bits per heavy atom. The number of benzene rings is 3. The van der Waals surface area contributed by atoms with Crippen LogP contribution in [-0.4, -0.2) is 47.4 Å². The molecule has 0 saturated heterocycles. The Balaban J connectivity index is 1.78. The summed E-state index contributed by atoms with van der Waals surface area (Å²) in [5.74, 6) is -1.18. The van der Waals surface area contributed by atoms with Crippen molar-refractivity contribution in [2.75, 3.05) is 24.5 Å². The van der Waals surface area contributed by atoms with Crippen LogP contribution in [0.25, 0.3) is 0 Å². The highest BCUT2D eigenvalue weighted by Crippen LogP contribution is 2.35. The maximum atomic E-state index is 13.8. The first-order valence-electron chi connectivity index (χ1n) is 12.9. The summed E-state index contributed by atoms with van der Waals surface area (Å²) in [6.07, 6.45) is 2.52. The van der Waals surface area contributed by atoms with Crippen LogP contribution in [0.2, 0.25) is 0 Å². The number of carbonyl (C=O) groups is 3. The number of nitrogens with two attached hydrogens (primary N) is 1. The lowest BCUT2D eigenvalue weighted by Crippen LogP contribution is -2.43. The molecule has 3 aromatic carbocycles. The first-order valence-corrected chi connectivity index (χ1v) is 12.9. The number of aliphatic carboxylic acids is 1. The van der Waals surface area contributed by atoms with Crippen molar-refractivity contribution in [3.63, 3.8) is 0 Å². The van der Waals surface area contributed by atoms with Gasteiger partial charge in [0.1, 0.15) is 12.3 Å². The standard InChI is InChI=1S/C30H33N3O5/c31-18-9-3-4-10-22-15-16-26-25(20-22)29(37)32(19-17-28(35)36)21-27(34)33(26)30(23-11-5-1-6-12-23)38-24-13-7-2-8-14-24/h1-2,5-8,11-16,20,30H,3-4,9-10,17-19,21,31H2,(H,35,36). The minimum absolute atomic E-state index is 0.0660. The summed E-state index contributed by atoms with van der Waals surface area (Å²) in [5.41, 5.74) is 8.13. The van der Waals surface area contributed by atoms with Crippen LogP contribution < -0.4 is 15.4 Å². The molecule has 0 aromatic heterocycles. The smallest absolute Gasteiger partial charge is 0.305 e. The van der Waals surface area contributed by atoms with E-state index in [2.05, 4.69) is 0 Å². The second kappa shape index (κ2) is 12.9. The van der Waals surface area contributed by atoms with Crippen molar-refractivity contribution in [1.29, 1.82) is 0 Å². The van der Waals surface area contributed by atoms with Crippen LogP contribution in [0.3, 0.4) is 0 Å². The molecule has 0 bridgehead atoms. The summed E-state index contributed by atoms with van der Waals surface area (Å²) in [6.45, 7) is 0.318. The number of carboxylic acids is 1. The van der Waals surface area contributed by atoms with Crippen LogP contribution in [0.15, 0.2) is 78.9 Å². The maximum absolute atomic E-state index is 13.8. The number of amides is 2. The van der Waals surface area contributed by atoms with Crippen molar-refractivity contribution >= 4 is 23.5 Å². The van der Waals surface area contributed by atoms with Crippen molar-refractivity contribution in [3.8, 4) is 5.75 Å². The zero-order valence-corrected chi connectivity index (χ0v) is 21.3. The Morgan fingerprint density at radius 1 is 0.947 bits per heavy atom. The number of fused-ring (bicyclic) bond motifs is 1. The van der Waals surface area contributed by atoms with Crippen LogP contribution in [-0.2, 0) is 16.0 Å². The number of para-hydroxylation sites is 1. The average molecular weight is 516 g/mol. The van der Waals surface area contributed by atoms with Crippen LogP contribution in [0.5, 0.6) is 5.75 Å². The molecule has 8 heteroatoms. The molecule has 1 unspecified atom stereocenters. The maximum Gasteiger partial charge on any atom is 0.305 e. The molecule has 0 radical (unpaired) electrons. The average Bonchev–Trinajstić information content (AvgIpc) is 3.03. The molecule has 8 nitrogen and oxygen atoms in total. The van der Waals surface area contributed by atoms with E-state index < -0.39 is 12.2 Å². The lowest BCUT2D eigenvalue weighted by Gasteiger charge is -2.32. The van der Waals surface area contributed by atoms with Gasteiger partial charge >= 0.3 is 5.97 Å². The van der Waals surface area contributed by atoms with Crippen molar-refractivity contribution in [1.82, 2.24) is 4.90 Å². The van der Waals surface area contributed by atoms with Gasteiger partial charge in [0.05, 0.1) is 17.7 Å². The van der Waals surface area contributed by atoms with E-state index in [1.54, 1.807) is 6.07 Å². The number of anilines is 1. The van der Waals surface area contributed by atoms with Crippen LogP contribution in [0.1, 0.15) is 53.4 Å². The molecular weight excluding hydrogens is 482 g/mol. The number of aryl methyl sites for hydroxylation is 1. The number of carbonyl (C=O) groups excluding carboxylic acids is 2. The van der Waals surface area contributed by atoms with E-state index in [9.17, 15) is 19.5 Å². The molecule has 3 N–H and O–H groups in total. The number of carboxylic acid groups (broad SMARTS) is 1. The van der Waals surface area contributed by atoms with Crippen LogP contribution >= 0.6 is 0 Å². The van der Waals surface area contributed by atoms with Gasteiger partial charge in [-0.2, -0.15) is 0 Å². The first-order chi connectivity index (χ1) is 18.5. The van der Waals surface area contributed by atoms with E-state index >= 15 is 0 Å². The molecule has 38 heavy (non-hydrogen) atoms. The molecule has 3 aromatic rings. The molecule has 0 aliphatic carbocycles. The van der Waals surface area contributed by atoms with Gasteiger partial charge in [0, 0.05) is 12.1 Å². The highest BCUT2D eigenvalue weighted by molar-refractivity contribution is 6.10. The SMILES string of the molecule is NCCCCCc1ccc2c(c1)C(=O)N(CCC(=O)O)CC(=O)N2C(Oc1ccccc1)c1ccccc1. The number of nitrogens with zero attached hydrogens (tertiary/aromatic N) is 2. The number of hydrogen-bond acceptors (Lipinski definition) is 5. The Kier molecular flexibility index (Phi) is 9.11. The van der Waals surface area contributed by atoms with Gasteiger partial charge in [0.15, 0.2) is 0 Å². The summed E-state index contributed by atoms with van der Waals surface area (Å²) in [6, 6.07) is 24.1. The van der Waals surface area contributed by atoms with E-state index in [1.165, 1.54) is 9.80 Å². The van der Waals surface area contributed by atoms with E-state index in [0.717, 1.165) is 36.8 Å². The quantitative estimate of drug-likeness (QED) is 0.346. The van der Waals surface area contributed by atoms with Crippen molar-refractivity contribution in [2.24, 2.45) is 5.73 Å². The molecule has 1 aliphatic rings. The lowest BCUT2D eigenvalue weighted by atomic mass is 10.0. The van der Waals surface area contributed by atoms with E-state index in [4.69, 9.17) is 10.5 Å². The summed E-state index contributed by atoms with van der Waals surface area (Å²) in [5, 5.41) is 9.24. The Morgan fingerprint density at radius 2 is 1.66 bits per heavy atom. The summed E-state index contributed by atoms with van der Waals surface area (Å²) >= 11 is 0. The highest BCUT2D eigenvalue weighted by atomic mass is 16.5. The van der Waals surface area contributed by atoms with E-state index in [1.807, 2.05) is 72.8 Å². The molecule has 1 heterocycles. The molecule has 198 valence electrons. The fourth-order valence-electron chi connectivity index (χ4n) is 4.57. The summed E-state index contributed by atoms with van der Waals surface area (Å²) < 4.78 is 6.38. The van der Waals surface area contributed by atoms with E-state index in [-0.39, 0.29) is 31.3 Å². The third-order valence-corrected chi connectivity index (χ3v) is 6.51. The fraction of sp³-hybridized carbons (Fsp3) is 0.300. The van der Waals surface area contributed by atoms with Gasteiger partial charge in [-0.1, -0.05) is 61.0 Å². The van der Waals surface area contributed by atoms with Gasteiger partial charge in [0.2, 0.25) is 12.1 Å². The Hall–Kier alpha value is -4.17. The molecule has 1 atom stereocenters. The van der Waals surface area contributed by atoms with Crippen molar-refractivity contribution in [3.05, 3.63) is 95.6 Å². The zero-order valence-electron chi connectivity index (χ0n) is 21.3. The predicted molar refractivity (Wildman–Crippen MR) is 145 cm³/mol. The molecule has 0 spiro atoms. The monoisotopic (exact) mass is 515 g/mol. The molecule has 2 amide bonds. The van der Waals surface area contributed by atoms with Gasteiger partial charge in [-0.15, -0.1) is 0 Å². The van der Waals surface area contributed by atoms with Crippen molar-refractivity contribution in [2.45, 2.75) is 38.3 Å². The van der Waals surface area contributed by atoms with E-state index in [0.29, 0.717) is 23.5 Å². The van der Waals surface area contributed by atoms with Crippen LogP contribution in [0.4, 0.5) is 5.69 Å².